The van der Waals surface area contributed by atoms with Crippen LogP contribution in [0.3, 0.4) is 0 Å². The van der Waals surface area contributed by atoms with Gasteiger partial charge < -0.3 is 15.0 Å². The van der Waals surface area contributed by atoms with Crippen LogP contribution in [-0.2, 0) is 9.59 Å². The fourth-order valence-corrected chi connectivity index (χ4v) is 3.46. The number of carbonyl (C=O) groups is 2. The highest BCUT2D eigenvalue weighted by Crippen LogP contribution is 2.40. The summed E-state index contributed by atoms with van der Waals surface area (Å²) >= 11 is 5.90. The van der Waals surface area contributed by atoms with Gasteiger partial charge in [0.2, 0.25) is 11.8 Å². The van der Waals surface area contributed by atoms with E-state index in [-0.39, 0.29) is 19.4 Å². The van der Waals surface area contributed by atoms with E-state index in [1.54, 1.807) is 12.1 Å². The minimum atomic E-state index is -4.29. The number of nitrogens with zero attached hydrogens (tertiary/aromatic N) is 1. The van der Waals surface area contributed by atoms with E-state index in [4.69, 9.17) is 16.3 Å². The molecular weight excluding hydrogens is 385 g/mol. The lowest BCUT2D eigenvalue weighted by Gasteiger charge is -2.32. The largest absolute Gasteiger partial charge is 0.495 e. The Hall–Kier alpha value is -1.96. The van der Waals surface area contributed by atoms with Gasteiger partial charge in [-0.25, -0.2) is 0 Å². The third-order valence-corrected chi connectivity index (χ3v) is 4.91. The van der Waals surface area contributed by atoms with Crippen molar-refractivity contribution in [2.45, 2.75) is 31.9 Å². The van der Waals surface area contributed by atoms with Gasteiger partial charge in [0.05, 0.1) is 25.3 Å². The highest BCUT2D eigenvalue weighted by atomic mass is 35.5. The first kappa shape index (κ1) is 21.3. The fraction of sp³-hybridized carbons (Fsp3) is 0.556. The average molecular weight is 407 g/mol. The van der Waals surface area contributed by atoms with Crippen LogP contribution in [0.2, 0.25) is 5.02 Å². The Morgan fingerprint density at radius 2 is 2.04 bits per heavy atom. The van der Waals surface area contributed by atoms with Crippen LogP contribution in [0, 0.1) is 11.8 Å². The summed E-state index contributed by atoms with van der Waals surface area (Å²) in [5, 5.41) is 3.00. The van der Waals surface area contributed by atoms with Gasteiger partial charge >= 0.3 is 6.18 Å². The first-order valence-corrected chi connectivity index (χ1v) is 8.94. The molecule has 0 aromatic heterocycles. The zero-order chi connectivity index (χ0) is 20.2. The van der Waals surface area contributed by atoms with E-state index in [1.165, 1.54) is 20.2 Å². The number of benzene rings is 1. The fourth-order valence-electron chi connectivity index (χ4n) is 3.28. The molecule has 0 saturated heterocycles. The summed E-state index contributed by atoms with van der Waals surface area (Å²) in [4.78, 5) is 25.9. The van der Waals surface area contributed by atoms with Crippen molar-refractivity contribution < 1.29 is 27.5 Å². The predicted molar refractivity (Wildman–Crippen MR) is 95.8 cm³/mol. The predicted octanol–water partition coefficient (Wildman–Crippen LogP) is 4.11. The molecule has 1 N–H and O–H groups in total. The monoisotopic (exact) mass is 406 g/mol. The van der Waals surface area contributed by atoms with Crippen molar-refractivity contribution in [2.24, 2.45) is 11.8 Å². The Morgan fingerprint density at radius 3 is 2.67 bits per heavy atom. The summed E-state index contributed by atoms with van der Waals surface area (Å²) in [5.41, 5.74) is 0.352. The molecule has 150 valence electrons. The molecular formula is C18H22ClF3N2O3. The maximum absolute atomic E-state index is 12.9. The number of hydrogen-bond donors (Lipinski definition) is 1. The van der Waals surface area contributed by atoms with Crippen molar-refractivity contribution in [1.29, 1.82) is 0 Å². The smallest absolute Gasteiger partial charge is 0.391 e. The molecule has 1 aromatic rings. The maximum atomic E-state index is 12.9. The molecule has 5 nitrogen and oxygen atoms in total. The van der Waals surface area contributed by atoms with Crippen molar-refractivity contribution in [2.75, 3.05) is 26.0 Å². The molecule has 2 unspecified atom stereocenters. The van der Waals surface area contributed by atoms with Crippen LogP contribution < -0.4 is 10.1 Å². The molecule has 1 aromatic carbocycles. The number of halogens is 4. The van der Waals surface area contributed by atoms with E-state index in [0.717, 1.165) is 4.90 Å². The zero-order valence-electron chi connectivity index (χ0n) is 15.1. The summed E-state index contributed by atoms with van der Waals surface area (Å²) in [6.45, 7) is -0.276. The van der Waals surface area contributed by atoms with Crippen molar-refractivity contribution >= 4 is 29.1 Å². The van der Waals surface area contributed by atoms with E-state index in [9.17, 15) is 22.8 Å². The summed E-state index contributed by atoms with van der Waals surface area (Å²) in [5.74, 6) is -2.71. The standard InChI is InChI=1S/C18H22ClF3N2O3/c1-24(17(26)11-4-3-5-12(8-11)18(20,21)22)10-16(25)23-14-9-13(19)6-7-15(14)27-2/h6-7,9,11-12H,3-5,8,10H2,1-2H3,(H,23,25). The lowest BCUT2D eigenvalue weighted by molar-refractivity contribution is -0.187. The number of nitrogens with one attached hydrogen (secondary N) is 1. The van der Waals surface area contributed by atoms with Crippen molar-refractivity contribution in [1.82, 2.24) is 4.90 Å². The number of hydrogen-bond acceptors (Lipinski definition) is 3. The number of amides is 2. The van der Waals surface area contributed by atoms with Gasteiger partial charge in [0.15, 0.2) is 0 Å². The Kier molecular flexibility index (Phi) is 6.97. The zero-order valence-corrected chi connectivity index (χ0v) is 15.9. The van der Waals surface area contributed by atoms with Crippen LogP contribution in [0.25, 0.3) is 0 Å². The molecule has 1 aliphatic carbocycles. The Balaban J connectivity index is 1.96. The van der Waals surface area contributed by atoms with Crippen molar-refractivity contribution in [3.8, 4) is 5.75 Å². The highest BCUT2D eigenvalue weighted by Gasteiger charge is 2.44. The number of rotatable bonds is 5. The summed E-state index contributed by atoms with van der Waals surface area (Å²) in [6, 6.07) is 4.70. The lowest BCUT2D eigenvalue weighted by atomic mass is 9.80. The Morgan fingerprint density at radius 1 is 1.33 bits per heavy atom. The van der Waals surface area contributed by atoms with Gasteiger partial charge in [0, 0.05) is 18.0 Å². The molecule has 0 radical (unpaired) electrons. The SMILES string of the molecule is COc1ccc(Cl)cc1NC(=O)CN(C)C(=O)C1CCCC(C(F)(F)F)C1. The Bertz CT molecular complexity index is 697. The van der Waals surface area contributed by atoms with Crippen LogP contribution in [0.5, 0.6) is 5.75 Å². The van der Waals surface area contributed by atoms with Crippen molar-refractivity contribution in [3.63, 3.8) is 0 Å². The molecule has 1 fully saturated rings. The lowest BCUT2D eigenvalue weighted by Crippen LogP contribution is -2.41. The van der Waals surface area contributed by atoms with Gasteiger partial charge in [-0.2, -0.15) is 13.2 Å². The number of carbonyl (C=O) groups excluding carboxylic acids is 2. The molecule has 9 heteroatoms. The molecule has 0 spiro atoms. The van der Waals surface area contributed by atoms with Gasteiger partial charge in [-0.1, -0.05) is 18.0 Å². The van der Waals surface area contributed by atoms with Crippen LogP contribution in [0.15, 0.2) is 18.2 Å². The second-order valence-corrected chi connectivity index (χ2v) is 7.13. The topological polar surface area (TPSA) is 58.6 Å². The number of alkyl halides is 3. The van der Waals surface area contributed by atoms with E-state index in [2.05, 4.69) is 5.32 Å². The molecule has 2 atom stereocenters. The molecule has 0 heterocycles. The minimum absolute atomic E-state index is 0.0477. The molecule has 1 aliphatic rings. The number of likely N-dealkylation sites (N-methyl/N-ethyl adjacent to an activating group) is 1. The summed E-state index contributed by atoms with van der Waals surface area (Å²) < 4.78 is 43.9. The van der Waals surface area contributed by atoms with Gasteiger partial charge in [-0.3, -0.25) is 9.59 Å². The quantitative estimate of drug-likeness (QED) is 0.800. The van der Waals surface area contributed by atoms with Gasteiger partial charge in [0.25, 0.3) is 0 Å². The van der Waals surface area contributed by atoms with Gasteiger partial charge in [-0.15, -0.1) is 0 Å². The minimum Gasteiger partial charge on any atom is -0.495 e. The van der Waals surface area contributed by atoms with E-state index < -0.39 is 29.8 Å². The van der Waals surface area contributed by atoms with E-state index in [1.807, 2.05) is 0 Å². The second-order valence-electron chi connectivity index (χ2n) is 6.69. The van der Waals surface area contributed by atoms with Crippen LogP contribution in [-0.4, -0.2) is 43.6 Å². The van der Waals surface area contributed by atoms with Gasteiger partial charge in [0.1, 0.15) is 5.75 Å². The molecule has 2 amide bonds. The molecule has 2 rings (SSSR count). The van der Waals surface area contributed by atoms with E-state index in [0.29, 0.717) is 29.3 Å². The van der Waals surface area contributed by atoms with Crippen molar-refractivity contribution in [3.05, 3.63) is 23.2 Å². The first-order chi connectivity index (χ1) is 12.6. The number of methoxy groups -OCH3 is 1. The summed E-state index contributed by atoms with van der Waals surface area (Å²) in [6.07, 6.45) is -3.72. The average Bonchev–Trinajstić information content (AvgIpc) is 2.60. The van der Waals surface area contributed by atoms with E-state index >= 15 is 0 Å². The number of anilines is 1. The number of ether oxygens (including phenoxy) is 1. The summed E-state index contributed by atoms with van der Waals surface area (Å²) in [7, 11) is 2.85. The van der Waals surface area contributed by atoms with Crippen LogP contribution in [0.1, 0.15) is 25.7 Å². The third-order valence-electron chi connectivity index (χ3n) is 4.68. The second kappa shape index (κ2) is 8.82. The molecule has 0 bridgehead atoms. The molecule has 27 heavy (non-hydrogen) atoms. The molecule has 0 aliphatic heterocycles. The Labute approximate surface area is 160 Å². The normalized spacial score (nSPS) is 20.1. The molecule has 1 saturated carbocycles. The van der Waals surface area contributed by atoms with Gasteiger partial charge in [-0.05, 0) is 37.5 Å². The van der Waals surface area contributed by atoms with Crippen LogP contribution >= 0.6 is 11.6 Å². The first-order valence-electron chi connectivity index (χ1n) is 8.57. The maximum Gasteiger partial charge on any atom is 0.391 e. The highest BCUT2D eigenvalue weighted by molar-refractivity contribution is 6.31. The van der Waals surface area contributed by atoms with Crippen LogP contribution in [0.4, 0.5) is 18.9 Å². The third kappa shape index (κ3) is 5.76.